The Labute approximate surface area is 152 Å². The van der Waals surface area contributed by atoms with Crippen LogP contribution in [0.5, 0.6) is 5.75 Å². The lowest BCUT2D eigenvalue weighted by Gasteiger charge is -2.11. The van der Waals surface area contributed by atoms with Gasteiger partial charge in [-0.2, -0.15) is 0 Å². The summed E-state index contributed by atoms with van der Waals surface area (Å²) in [5.74, 6) is 0.802. The van der Waals surface area contributed by atoms with Crippen LogP contribution in [0.1, 0.15) is 35.7 Å². The number of pyridine rings is 1. The third kappa shape index (κ3) is 3.83. The van der Waals surface area contributed by atoms with Crippen LogP contribution in [0, 0.1) is 6.92 Å². The normalized spacial score (nSPS) is 10.8. The molecule has 0 aliphatic rings. The second-order valence-corrected chi connectivity index (χ2v) is 6.37. The smallest absolute Gasteiger partial charge is 0.253 e. The van der Waals surface area contributed by atoms with Crippen molar-refractivity contribution in [1.82, 2.24) is 4.98 Å². The van der Waals surface area contributed by atoms with Crippen LogP contribution in [0.4, 0.5) is 0 Å². The van der Waals surface area contributed by atoms with E-state index < -0.39 is 5.24 Å². The Morgan fingerprint density at radius 1 is 1.16 bits per heavy atom. The molecule has 25 heavy (non-hydrogen) atoms. The quantitative estimate of drug-likeness (QED) is 0.417. The fraction of sp³-hybridized carbons (Fsp3) is 0.238. The number of carbonyl (C=O) groups excluding carboxylic acids is 1. The summed E-state index contributed by atoms with van der Waals surface area (Å²) in [7, 11) is 0. The molecule has 0 unspecified atom stereocenters. The molecule has 0 bridgehead atoms. The van der Waals surface area contributed by atoms with Crippen molar-refractivity contribution in [2.24, 2.45) is 0 Å². The lowest BCUT2D eigenvalue weighted by Crippen LogP contribution is -1.98. The molecular formula is C21H20ClNO2. The zero-order valence-electron chi connectivity index (χ0n) is 14.4. The van der Waals surface area contributed by atoms with Gasteiger partial charge in [-0.15, -0.1) is 0 Å². The van der Waals surface area contributed by atoms with E-state index in [1.54, 1.807) is 6.07 Å². The predicted octanol–water partition coefficient (Wildman–Crippen LogP) is 5.77. The molecule has 4 heteroatoms. The molecule has 0 aliphatic heterocycles. The predicted molar refractivity (Wildman–Crippen MR) is 103 cm³/mol. The van der Waals surface area contributed by atoms with Gasteiger partial charge in [-0.3, -0.25) is 4.79 Å². The van der Waals surface area contributed by atoms with E-state index in [9.17, 15) is 4.79 Å². The number of hydrogen-bond acceptors (Lipinski definition) is 3. The molecule has 1 heterocycles. The number of rotatable bonds is 6. The first-order valence-electron chi connectivity index (χ1n) is 8.43. The number of nitrogens with zero attached hydrogens (tertiary/aromatic N) is 1. The van der Waals surface area contributed by atoms with E-state index >= 15 is 0 Å². The van der Waals surface area contributed by atoms with Crippen molar-refractivity contribution >= 4 is 27.7 Å². The molecule has 0 spiro atoms. The molecule has 3 aromatic rings. The van der Waals surface area contributed by atoms with Gasteiger partial charge in [0.1, 0.15) is 5.75 Å². The Morgan fingerprint density at radius 3 is 2.72 bits per heavy atom. The molecule has 0 atom stereocenters. The van der Waals surface area contributed by atoms with E-state index in [0.717, 1.165) is 40.6 Å². The van der Waals surface area contributed by atoms with Gasteiger partial charge in [-0.25, -0.2) is 4.98 Å². The van der Waals surface area contributed by atoms with E-state index in [0.29, 0.717) is 17.9 Å². The van der Waals surface area contributed by atoms with E-state index in [1.165, 1.54) is 0 Å². The summed E-state index contributed by atoms with van der Waals surface area (Å²) < 4.78 is 5.78. The highest BCUT2D eigenvalue weighted by molar-refractivity contribution is 6.68. The van der Waals surface area contributed by atoms with Gasteiger partial charge >= 0.3 is 0 Å². The summed E-state index contributed by atoms with van der Waals surface area (Å²) in [5.41, 5.74) is 3.89. The molecule has 2 aromatic carbocycles. The summed E-state index contributed by atoms with van der Waals surface area (Å²) in [5, 5.41) is 0.300. The number of aryl methyl sites for hydroxylation is 1. The number of fused-ring (bicyclic) bond motifs is 1. The number of benzene rings is 2. The summed E-state index contributed by atoms with van der Waals surface area (Å²) in [6.45, 7) is 4.80. The maximum atomic E-state index is 11.9. The van der Waals surface area contributed by atoms with Gasteiger partial charge in [-0.1, -0.05) is 43.7 Å². The minimum absolute atomic E-state index is 0.475. The van der Waals surface area contributed by atoms with Crippen LogP contribution >= 0.6 is 11.6 Å². The van der Waals surface area contributed by atoms with Crippen molar-refractivity contribution < 1.29 is 9.53 Å². The summed E-state index contributed by atoms with van der Waals surface area (Å²) in [4.78, 5) is 16.7. The second-order valence-electron chi connectivity index (χ2n) is 6.03. The van der Waals surface area contributed by atoms with Crippen LogP contribution < -0.4 is 4.74 Å². The number of aromatic nitrogens is 1. The first-order valence-corrected chi connectivity index (χ1v) is 8.81. The number of unbranched alkanes of at least 4 members (excludes halogenated alkanes) is 1. The third-order valence-electron chi connectivity index (χ3n) is 4.15. The van der Waals surface area contributed by atoms with Crippen molar-refractivity contribution in [3.05, 3.63) is 59.7 Å². The van der Waals surface area contributed by atoms with E-state index in [1.807, 2.05) is 49.4 Å². The van der Waals surface area contributed by atoms with Gasteiger partial charge < -0.3 is 4.74 Å². The van der Waals surface area contributed by atoms with E-state index in [-0.39, 0.29) is 0 Å². The van der Waals surface area contributed by atoms with Crippen molar-refractivity contribution in [1.29, 1.82) is 0 Å². The van der Waals surface area contributed by atoms with Crippen molar-refractivity contribution in [2.45, 2.75) is 26.7 Å². The Kier molecular flexibility index (Phi) is 5.34. The van der Waals surface area contributed by atoms with Gasteiger partial charge in [0, 0.05) is 16.5 Å². The highest BCUT2D eigenvalue weighted by Gasteiger charge is 2.13. The standard InChI is InChI=1S/C21H20ClNO2/c1-3-4-11-25-16-9-6-8-15(12-16)19-13-18(21(22)24)17-10-5-7-14(2)20(17)23-19/h5-10,12-13H,3-4,11H2,1-2H3. The van der Waals surface area contributed by atoms with Gasteiger partial charge in [0.05, 0.1) is 17.8 Å². The maximum Gasteiger partial charge on any atom is 0.253 e. The molecular weight excluding hydrogens is 334 g/mol. The monoisotopic (exact) mass is 353 g/mol. The molecule has 0 aliphatic carbocycles. The Hall–Kier alpha value is -2.39. The lowest BCUT2D eigenvalue weighted by molar-refractivity contribution is 0.108. The minimum Gasteiger partial charge on any atom is -0.494 e. The van der Waals surface area contributed by atoms with Crippen LogP contribution in [0.2, 0.25) is 0 Å². The average Bonchev–Trinajstić information content (AvgIpc) is 2.62. The van der Waals surface area contributed by atoms with Gasteiger partial charge in [0.2, 0.25) is 0 Å². The molecule has 1 aromatic heterocycles. The number of carbonyl (C=O) groups is 1. The summed E-state index contributed by atoms with van der Waals surface area (Å²) in [6, 6.07) is 15.3. The van der Waals surface area contributed by atoms with E-state index in [2.05, 4.69) is 6.92 Å². The fourth-order valence-corrected chi connectivity index (χ4v) is 2.94. The highest BCUT2D eigenvalue weighted by Crippen LogP contribution is 2.29. The number of hydrogen-bond donors (Lipinski definition) is 0. The first-order chi connectivity index (χ1) is 12.1. The van der Waals surface area contributed by atoms with Crippen LogP contribution in [0.3, 0.4) is 0 Å². The van der Waals surface area contributed by atoms with Crippen molar-refractivity contribution in [3.8, 4) is 17.0 Å². The zero-order valence-corrected chi connectivity index (χ0v) is 15.1. The Bertz CT molecular complexity index is 921. The average molecular weight is 354 g/mol. The molecule has 0 radical (unpaired) electrons. The van der Waals surface area contributed by atoms with Crippen LogP contribution in [-0.4, -0.2) is 16.8 Å². The van der Waals surface area contributed by atoms with E-state index in [4.69, 9.17) is 21.3 Å². The molecule has 3 rings (SSSR count). The number of para-hydroxylation sites is 1. The SMILES string of the molecule is CCCCOc1cccc(-c2cc(C(=O)Cl)c3cccc(C)c3n2)c1. The molecule has 0 saturated carbocycles. The van der Waals surface area contributed by atoms with Gasteiger partial charge in [0.15, 0.2) is 0 Å². The minimum atomic E-state index is -0.477. The molecule has 128 valence electrons. The Morgan fingerprint density at radius 2 is 1.96 bits per heavy atom. The van der Waals surface area contributed by atoms with Crippen molar-refractivity contribution in [2.75, 3.05) is 6.61 Å². The van der Waals surface area contributed by atoms with Crippen LogP contribution in [0.15, 0.2) is 48.5 Å². The summed E-state index contributed by atoms with van der Waals surface area (Å²) >= 11 is 5.82. The molecule has 0 fully saturated rings. The maximum absolute atomic E-state index is 11.9. The largest absolute Gasteiger partial charge is 0.494 e. The highest BCUT2D eigenvalue weighted by atomic mass is 35.5. The number of halogens is 1. The molecule has 0 amide bonds. The molecule has 0 N–H and O–H groups in total. The second kappa shape index (κ2) is 7.66. The molecule has 3 nitrogen and oxygen atoms in total. The van der Waals surface area contributed by atoms with Crippen molar-refractivity contribution in [3.63, 3.8) is 0 Å². The van der Waals surface area contributed by atoms with Crippen LogP contribution in [0.25, 0.3) is 22.2 Å². The molecule has 0 saturated heterocycles. The van der Waals surface area contributed by atoms with Crippen LogP contribution in [-0.2, 0) is 0 Å². The third-order valence-corrected chi connectivity index (χ3v) is 4.35. The first kappa shape index (κ1) is 17.4. The Balaban J connectivity index is 2.08. The number of ether oxygens (including phenoxy) is 1. The fourth-order valence-electron chi connectivity index (χ4n) is 2.78. The van der Waals surface area contributed by atoms with Gasteiger partial charge in [0.25, 0.3) is 5.24 Å². The summed E-state index contributed by atoms with van der Waals surface area (Å²) in [6.07, 6.45) is 2.11. The lowest BCUT2D eigenvalue weighted by atomic mass is 10.0. The zero-order chi connectivity index (χ0) is 17.8. The topological polar surface area (TPSA) is 39.2 Å². The van der Waals surface area contributed by atoms with Gasteiger partial charge in [-0.05, 0) is 48.7 Å².